The molecule has 1 aliphatic rings. The van der Waals surface area contributed by atoms with Gasteiger partial charge in [0.05, 0.1) is 11.8 Å². The molecule has 3 N–H and O–H groups in total. The van der Waals surface area contributed by atoms with Crippen LogP contribution in [0.25, 0.3) is 0 Å². The van der Waals surface area contributed by atoms with Crippen molar-refractivity contribution in [1.82, 2.24) is 0 Å². The maximum Gasteiger partial charge on any atom is 0.182 e. The van der Waals surface area contributed by atoms with Gasteiger partial charge in [-0.05, 0) is 25.5 Å². The van der Waals surface area contributed by atoms with Gasteiger partial charge in [-0.2, -0.15) is 0 Å². The van der Waals surface area contributed by atoms with Crippen molar-refractivity contribution in [2.75, 3.05) is 18.0 Å². The summed E-state index contributed by atoms with van der Waals surface area (Å²) < 4.78 is 26.9. The number of aliphatic hydroxyl groups excluding tert-OH is 1. The highest BCUT2D eigenvalue weighted by Gasteiger charge is 2.29. The van der Waals surface area contributed by atoms with Crippen LogP contribution in [0.3, 0.4) is 0 Å². The lowest BCUT2D eigenvalue weighted by atomic mass is 9.90. The molecule has 5 heteroatoms. The molecule has 1 aromatic carbocycles. The van der Waals surface area contributed by atoms with Crippen LogP contribution in [0.2, 0.25) is 0 Å². The topological polar surface area (TPSA) is 49.5 Å². The first-order chi connectivity index (χ1) is 8.49. The van der Waals surface area contributed by atoms with E-state index in [4.69, 9.17) is 5.73 Å². The molecule has 3 unspecified atom stereocenters. The van der Waals surface area contributed by atoms with Crippen molar-refractivity contribution >= 4 is 5.69 Å². The summed E-state index contributed by atoms with van der Waals surface area (Å²) in [5.41, 5.74) is 6.13. The van der Waals surface area contributed by atoms with Crippen molar-refractivity contribution in [3.8, 4) is 0 Å². The van der Waals surface area contributed by atoms with Crippen LogP contribution in [-0.2, 0) is 0 Å². The number of hydrogen-bond acceptors (Lipinski definition) is 3. The normalized spacial score (nSPS) is 26.2. The summed E-state index contributed by atoms with van der Waals surface area (Å²) in [4.78, 5) is 1.71. The number of hydrogen-bond donors (Lipinski definition) is 2. The second kappa shape index (κ2) is 5.20. The maximum absolute atomic E-state index is 13.7. The molecular formula is C13H18F2N2O. The molecule has 2 rings (SSSR count). The lowest BCUT2D eigenvalue weighted by Gasteiger charge is -2.39. The van der Waals surface area contributed by atoms with Crippen molar-refractivity contribution in [3.63, 3.8) is 0 Å². The van der Waals surface area contributed by atoms with Crippen molar-refractivity contribution in [3.05, 3.63) is 29.8 Å². The number of aliphatic hydroxyl groups is 1. The molecule has 0 saturated carbocycles. The zero-order chi connectivity index (χ0) is 13.3. The van der Waals surface area contributed by atoms with Crippen LogP contribution in [0.4, 0.5) is 14.5 Å². The van der Waals surface area contributed by atoms with E-state index >= 15 is 0 Å². The van der Waals surface area contributed by atoms with E-state index in [0.29, 0.717) is 19.5 Å². The van der Waals surface area contributed by atoms with Gasteiger partial charge in [-0.1, -0.05) is 6.07 Å². The second-order valence-corrected chi connectivity index (χ2v) is 4.97. The fraction of sp³-hybridized carbons (Fsp3) is 0.538. The Balaban J connectivity index is 2.24. The molecule has 1 fully saturated rings. The van der Waals surface area contributed by atoms with Gasteiger partial charge in [-0.3, -0.25) is 0 Å². The Kier molecular flexibility index (Phi) is 3.82. The Morgan fingerprint density at radius 1 is 1.39 bits per heavy atom. The van der Waals surface area contributed by atoms with Gasteiger partial charge in [0, 0.05) is 25.0 Å². The Morgan fingerprint density at radius 3 is 2.78 bits per heavy atom. The molecule has 0 radical (unpaired) electrons. The molecule has 0 bridgehead atoms. The third kappa shape index (κ3) is 2.62. The standard InChI is InChI=1S/C13H18F2N2O/c1-8(18)9-5-10(16)7-17(6-9)12-4-2-3-11(14)13(12)15/h2-4,8-10,18H,5-7,16H2,1H3. The Hall–Kier alpha value is -1.20. The third-order valence-corrected chi connectivity index (χ3v) is 3.47. The third-order valence-electron chi connectivity index (χ3n) is 3.47. The molecule has 0 aliphatic carbocycles. The molecular weight excluding hydrogens is 238 g/mol. The highest BCUT2D eigenvalue weighted by molar-refractivity contribution is 5.48. The number of benzene rings is 1. The lowest BCUT2D eigenvalue weighted by molar-refractivity contribution is 0.110. The Labute approximate surface area is 105 Å². The summed E-state index contributed by atoms with van der Waals surface area (Å²) in [5, 5.41) is 9.63. The van der Waals surface area contributed by atoms with Crippen LogP contribution >= 0.6 is 0 Å². The smallest absolute Gasteiger partial charge is 0.182 e. The average Bonchev–Trinajstić information content (AvgIpc) is 2.31. The largest absolute Gasteiger partial charge is 0.393 e. The van der Waals surface area contributed by atoms with Crippen LogP contribution in [0.5, 0.6) is 0 Å². The average molecular weight is 256 g/mol. The van der Waals surface area contributed by atoms with Gasteiger partial charge < -0.3 is 15.7 Å². The lowest BCUT2D eigenvalue weighted by Crippen LogP contribution is -2.50. The van der Waals surface area contributed by atoms with E-state index in [9.17, 15) is 13.9 Å². The summed E-state index contributed by atoms with van der Waals surface area (Å²) in [6.45, 7) is 2.66. The fourth-order valence-electron chi connectivity index (χ4n) is 2.46. The van der Waals surface area contributed by atoms with E-state index < -0.39 is 17.7 Å². The molecule has 0 aromatic heterocycles. The molecule has 1 saturated heterocycles. The molecule has 3 atom stereocenters. The molecule has 18 heavy (non-hydrogen) atoms. The van der Waals surface area contributed by atoms with Gasteiger partial charge in [0.2, 0.25) is 0 Å². The number of nitrogens with zero attached hydrogens (tertiary/aromatic N) is 1. The molecule has 100 valence electrons. The summed E-state index contributed by atoms with van der Waals surface area (Å²) in [7, 11) is 0. The minimum absolute atomic E-state index is 0.0172. The van der Waals surface area contributed by atoms with Gasteiger partial charge in [0.25, 0.3) is 0 Å². The van der Waals surface area contributed by atoms with Crippen LogP contribution in [0.15, 0.2) is 18.2 Å². The van der Waals surface area contributed by atoms with E-state index in [1.165, 1.54) is 12.1 Å². The predicted molar refractivity (Wildman–Crippen MR) is 66.3 cm³/mol. The maximum atomic E-state index is 13.7. The minimum Gasteiger partial charge on any atom is -0.393 e. The first kappa shape index (κ1) is 13.2. The van der Waals surface area contributed by atoms with Gasteiger partial charge in [-0.15, -0.1) is 0 Å². The number of piperidine rings is 1. The van der Waals surface area contributed by atoms with Crippen LogP contribution in [0, 0.1) is 17.6 Å². The predicted octanol–water partition coefficient (Wildman–Crippen LogP) is 1.50. The SMILES string of the molecule is CC(O)C1CC(N)CN(c2cccc(F)c2F)C1. The second-order valence-electron chi connectivity index (χ2n) is 4.97. The Morgan fingerprint density at radius 2 is 2.11 bits per heavy atom. The van der Waals surface area contributed by atoms with E-state index in [1.54, 1.807) is 11.8 Å². The molecule has 0 amide bonds. The molecule has 0 spiro atoms. The highest BCUT2D eigenvalue weighted by Crippen LogP contribution is 2.27. The van der Waals surface area contributed by atoms with Gasteiger partial charge >= 0.3 is 0 Å². The van der Waals surface area contributed by atoms with Crippen molar-refractivity contribution in [2.24, 2.45) is 11.7 Å². The minimum atomic E-state index is -0.861. The van der Waals surface area contributed by atoms with Gasteiger partial charge in [0.1, 0.15) is 0 Å². The van der Waals surface area contributed by atoms with Crippen molar-refractivity contribution in [1.29, 1.82) is 0 Å². The zero-order valence-electron chi connectivity index (χ0n) is 10.3. The highest BCUT2D eigenvalue weighted by atomic mass is 19.2. The summed E-state index contributed by atoms with van der Waals surface area (Å²) in [6.07, 6.45) is 0.195. The van der Waals surface area contributed by atoms with Crippen LogP contribution in [0.1, 0.15) is 13.3 Å². The van der Waals surface area contributed by atoms with Gasteiger partial charge in [-0.25, -0.2) is 8.78 Å². The quantitative estimate of drug-likeness (QED) is 0.843. The molecule has 3 nitrogen and oxygen atoms in total. The molecule has 1 heterocycles. The van der Waals surface area contributed by atoms with E-state index in [2.05, 4.69) is 0 Å². The fourth-order valence-corrected chi connectivity index (χ4v) is 2.46. The Bertz CT molecular complexity index is 425. The number of nitrogens with two attached hydrogens (primary N) is 1. The molecule has 1 aromatic rings. The first-order valence-electron chi connectivity index (χ1n) is 6.11. The summed E-state index contributed by atoms with van der Waals surface area (Å²) in [6, 6.07) is 3.97. The molecule has 1 aliphatic heterocycles. The van der Waals surface area contributed by atoms with E-state index in [-0.39, 0.29) is 17.6 Å². The number of halogens is 2. The number of anilines is 1. The monoisotopic (exact) mass is 256 g/mol. The number of rotatable bonds is 2. The first-order valence-corrected chi connectivity index (χ1v) is 6.11. The van der Waals surface area contributed by atoms with E-state index in [0.717, 1.165) is 6.07 Å². The zero-order valence-corrected chi connectivity index (χ0v) is 10.3. The van der Waals surface area contributed by atoms with Crippen molar-refractivity contribution in [2.45, 2.75) is 25.5 Å². The van der Waals surface area contributed by atoms with Crippen molar-refractivity contribution < 1.29 is 13.9 Å². The summed E-state index contributed by atoms with van der Waals surface area (Å²) >= 11 is 0. The van der Waals surface area contributed by atoms with Crippen LogP contribution < -0.4 is 10.6 Å². The summed E-state index contributed by atoms with van der Waals surface area (Å²) in [5.74, 6) is -1.73. The van der Waals surface area contributed by atoms with Gasteiger partial charge in [0.15, 0.2) is 11.6 Å². The van der Waals surface area contributed by atoms with E-state index in [1.807, 2.05) is 0 Å². The van der Waals surface area contributed by atoms with Crippen LogP contribution in [-0.4, -0.2) is 30.3 Å².